The molecule has 3 heterocycles. The molecule has 0 aliphatic carbocycles. The van der Waals surface area contributed by atoms with Crippen molar-refractivity contribution in [3.8, 4) is 11.5 Å². The Balaban J connectivity index is 1.29. The molecule has 4 rings (SSSR count). The van der Waals surface area contributed by atoms with Crippen LogP contribution in [-0.2, 0) is 4.79 Å². The molecule has 2 amide bonds. The molecule has 2 aliphatic heterocycles. The van der Waals surface area contributed by atoms with Gasteiger partial charge in [0.05, 0.1) is 16.8 Å². The van der Waals surface area contributed by atoms with E-state index in [0.717, 1.165) is 5.56 Å². The first-order chi connectivity index (χ1) is 13.6. The topological polar surface area (TPSA) is 81.0 Å². The number of carbonyl (C=O) groups excluding carboxylic acids is 2. The van der Waals surface area contributed by atoms with Crippen LogP contribution in [0.2, 0.25) is 5.02 Å². The number of furan rings is 1. The Morgan fingerprint density at radius 2 is 2.04 bits per heavy atom. The molecule has 7 nitrogen and oxygen atoms in total. The van der Waals surface area contributed by atoms with Crippen LogP contribution in [-0.4, -0.2) is 42.6 Å². The zero-order valence-electron chi connectivity index (χ0n) is 15.0. The lowest BCUT2D eigenvalue weighted by atomic mass is 10.0. The number of nitrogens with zero attached hydrogens (tertiary/aromatic N) is 1. The van der Waals surface area contributed by atoms with Crippen molar-refractivity contribution in [2.75, 3.05) is 19.9 Å². The van der Waals surface area contributed by atoms with E-state index in [1.165, 1.54) is 18.6 Å². The summed E-state index contributed by atoms with van der Waals surface area (Å²) < 4.78 is 15.6. The number of nitrogens with one attached hydrogen (secondary N) is 1. The molecule has 0 spiro atoms. The van der Waals surface area contributed by atoms with Gasteiger partial charge in [-0.2, -0.15) is 0 Å². The lowest BCUT2D eigenvalue weighted by Crippen LogP contribution is -2.46. The van der Waals surface area contributed by atoms with E-state index in [4.69, 9.17) is 25.5 Å². The Kier molecular flexibility index (Phi) is 5.25. The second-order valence-corrected chi connectivity index (χ2v) is 7.06. The van der Waals surface area contributed by atoms with Gasteiger partial charge >= 0.3 is 0 Å². The molecular weight excluding hydrogens is 384 g/mol. The third kappa shape index (κ3) is 3.99. The monoisotopic (exact) mass is 402 g/mol. The molecule has 1 aromatic heterocycles. The van der Waals surface area contributed by atoms with Gasteiger partial charge in [-0.05, 0) is 42.7 Å². The highest BCUT2D eigenvalue weighted by Crippen LogP contribution is 2.40. The summed E-state index contributed by atoms with van der Waals surface area (Å²) in [6.07, 6.45) is 7.50. The van der Waals surface area contributed by atoms with Crippen molar-refractivity contribution in [1.29, 1.82) is 0 Å². The number of benzene rings is 1. The first kappa shape index (κ1) is 18.4. The van der Waals surface area contributed by atoms with Gasteiger partial charge in [-0.3, -0.25) is 9.59 Å². The molecule has 2 aromatic rings. The Morgan fingerprint density at radius 3 is 2.79 bits per heavy atom. The molecule has 0 saturated carbocycles. The normalized spacial score (nSPS) is 16.5. The minimum Gasteiger partial charge on any atom is -0.472 e. The Morgan fingerprint density at radius 1 is 1.21 bits per heavy atom. The fourth-order valence-electron chi connectivity index (χ4n) is 3.30. The second-order valence-electron chi connectivity index (χ2n) is 6.66. The average molecular weight is 403 g/mol. The number of hydrogen-bond donors (Lipinski definition) is 1. The van der Waals surface area contributed by atoms with Crippen LogP contribution in [0.4, 0.5) is 0 Å². The fourth-order valence-corrected chi connectivity index (χ4v) is 3.57. The number of amides is 2. The van der Waals surface area contributed by atoms with Crippen molar-refractivity contribution in [3.05, 3.63) is 53.0 Å². The van der Waals surface area contributed by atoms with Gasteiger partial charge in [0.25, 0.3) is 5.91 Å². The second kappa shape index (κ2) is 7.98. The molecule has 0 radical (unpaired) electrons. The summed E-state index contributed by atoms with van der Waals surface area (Å²) in [7, 11) is 0. The molecule has 0 unspecified atom stereocenters. The third-order valence-corrected chi connectivity index (χ3v) is 5.05. The van der Waals surface area contributed by atoms with E-state index in [1.54, 1.807) is 29.2 Å². The summed E-state index contributed by atoms with van der Waals surface area (Å²) in [5.41, 5.74) is 1.30. The van der Waals surface area contributed by atoms with Crippen LogP contribution in [0, 0.1) is 0 Å². The Labute approximate surface area is 166 Å². The summed E-state index contributed by atoms with van der Waals surface area (Å²) in [5, 5.41) is 3.43. The summed E-state index contributed by atoms with van der Waals surface area (Å²) in [6, 6.07) is 5.19. The lowest BCUT2D eigenvalue weighted by Gasteiger charge is -2.32. The summed E-state index contributed by atoms with van der Waals surface area (Å²) >= 11 is 6.14. The number of rotatable bonds is 4. The number of ether oxygens (including phenoxy) is 2. The average Bonchev–Trinajstić information content (AvgIpc) is 3.38. The van der Waals surface area contributed by atoms with Gasteiger partial charge in [0.2, 0.25) is 12.7 Å². The molecule has 8 heteroatoms. The molecule has 1 saturated heterocycles. The first-order valence-corrected chi connectivity index (χ1v) is 9.37. The molecule has 1 fully saturated rings. The number of hydrogen-bond acceptors (Lipinski definition) is 5. The van der Waals surface area contributed by atoms with E-state index in [0.29, 0.717) is 48.0 Å². The molecule has 146 valence electrons. The predicted octanol–water partition coefficient (Wildman–Crippen LogP) is 3.10. The zero-order chi connectivity index (χ0) is 19.5. The fraction of sp³-hybridized carbons (Fsp3) is 0.300. The van der Waals surface area contributed by atoms with Crippen molar-refractivity contribution >= 4 is 29.5 Å². The molecule has 0 bridgehead atoms. The van der Waals surface area contributed by atoms with E-state index in [2.05, 4.69) is 5.32 Å². The van der Waals surface area contributed by atoms with Gasteiger partial charge in [0.15, 0.2) is 11.5 Å². The highest BCUT2D eigenvalue weighted by atomic mass is 35.5. The van der Waals surface area contributed by atoms with Crippen LogP contribution in [0.1, 0.15) is 28.8 Å². The predicted molar refractivity (Wildman–Crippen MR) is 102 cm³/mol. The van der Waals surface area contributed by atoms with Crippen molar-refractivity contribution < 1.29 is 23.5 Å². The summed E-state index contributed by atoms with van der Waals surface area (Å²) in [5.74, 6) is 0.869. The SMILES string of the molecule is O=C(/C=C/c1cc(Cl)c2c(c1)OCO2)NC1CCN(C(=O)c2ccoc2)CC1. The van der Waals surface area contributed by atoms with Gasteiger partial charge in [-0.1, -0.05) is 11.6 Å². The zero-order valence-corrected chi connectivity index (χ0v) is 15.8. The van der Waals surface area contributed by atoms with Crippen LogP contribution in [0.5, 0.6) is 11.5 Å². The van der Waals surface area contributed by atoms with E-state index in [1.807, 2.05) is 0 Å². The third-order valence-electron chi connectivity index (χ3n) is 4.77. The number of halogens is 1. The van der Waals surface area contributed by atoms with Crippen LogP contribution >= 0.6 is 11.6 Å². The number of carbonyl (C=O) groups is 2. The van der Waals surface area contributed by atoms with E-state index in [9.17, 15) is 9.59 Å². The maximum atomic E-state index is 12.3. The Bertz CT molecular complexity index is 902. The standard InChI is InChI=1S/C20H19ClN2O5/c21-16-9-13(10-17-19(16)28-12-27-17)1-2-18(24)22-15-3-6-23(7-4-15)20(25)14-5-8-26-11-14/h1-2,5,8-11,15H,3-4,6-7,12H2,(H,22,24)/b2-1+. The van der Waals surface area contributed by atoms with Crippen LogP contribution in [0.25, 0.3) is 6.08 Å². The quantitative estimate of drug-likeness (QED) is 0.795. The largest absolute Gasteiger partial charge is 0.472 e. The smallest absolute Gasteiger partial charge is 0.257 e. The highest BCUT2D eigenvalue weighted by Gasteiger charge is 2.24. The number of fused-ring (bicyclic) bond motifs is 1. The van der Waals surface area contributed by atoms with E-state index in [-0.39, 0.29) is 24.6 Å². The summed E-state index contributed by atoms with van der Waals surface area (Å²) in [6.45, 7) is 1.33. The van der Waals surface area contributed by atoms with Gasteiger partial charge < -0.3 is 24.1 Å². The molecule has 2 aliphatic rings. The first-order valence-electron chi connectivity index (χ1n) is 8.99. The van der Waals surface area contributed by atoms with Crippen molar-refractivity contribution in [3.63, 3.8) is 0 Å². The van der Waals surface area contributed by atoms with Crippen molar-refractivity contribution in [1.82, 2.24) is 10.2 Å². The summed E-state index contributed by atoms with van der Waals surface area (Å²) in [4.78, 5) is 26.3. The van der Waals surface area contributed by atoms with E-state index >= 15 is 0 Å². The minimum atomic E-state index is -0.187. The Hall–Kier alpha value is -2.93. The van der Waals surface area contributed by atoms with Gasteiger partial charge in [0.1, 0.15) is 6.26 Å². The number of likely N-dealkylation sites (tertiary alicyclic amines) is 1. The lowest BCUT2D eigenvalue weighted by molar-refractivity contribution is -0.117. The molecule has 1 aromatic carbocycles. The van der Waals surface area contributed by atoms with Gasteiger partial charge in [-0.25, -0.2) is 0 Å². The minimum absolute atomic E-state index is 0.0332. The van der Waals surface area contributed by atoms with Crippen LogP contribution in [0.3, 0.4) is 0 Å². The van der Waals surface area contributed by atoms with Gasteiger partial charge in [0, 0.05) is 25.2 Å². The van der Waals surface area contributed by atoms with Crippen molar-refractivity contribution in [2.24, 2.45) is 0 Å². The van der Waals surface area contributed by atoms with Crippen molar-refractivity contribution in [2.45, 2.75) is 18.9 Å². The molecule has 1 N–H and O–H groups in total. The maximum Gasteiger partial charge on any atom is 0.257 e. The molecule has 0 atom stereocenters. The van der Waals surface area contributed by atoms with Crippen LogP contribution < -0.4 is 14.8 Å². The van der Waals surface area contributed by atoms with Gasteiger partial charge in [-0.15, -0.1) is 0 Å². The van der Waals surface area contributed by atoms with Crippen LogP contribution in [0.15, 0.2) is 41.2 Å². The van der Waals surface area contributed by atoms with E-state index < -0.39 is 0 Å². The molecule has 28 heavy (non-hydrogen) atoms. The number of piperidine rings is 1. The highest BCUT2D eigenvalue weighted by molar-refractivity contribution is 6.32. The maximum absolute atomic E-state index is 12.3. The molecular formula is C20H19ClN2O5.